The number of ether oxygens (including phenoxy) is 5. The van der Waals surface area contributed by atoms with Crippen LogP contribution in [0.2, 0.25) is 0 Å². The van der Waals surface area contributed by atoms with Crippen molar-refractivity contribution >= 4 is 22.5 Å². The van der Waals surface area contributed by atoms with Crippen molar-refractivity contribution < 1.29 is 37.3 Å². The van der Waals surface area contributed by atoms with Gasteiger partial charge < -0.3 is 33.6 Å². The van der Waals surface area contributed by atoms with Crippen LogP contribution in [0.3, 0.4) is 0 Å². The molecule has 2 aliphatic heterocycles. The number of carbonyl (C=O) groups is 1. The number of carbonyl (C=O) groups excluding carboxylic acids is 1. The van der Waals surface area contributed by atoms with Crippen LogP contribution in [0.25, 0.3) is 16.6 Å². The van der Waals surface area contributed by atoms with Gasteiger partial charge in [-0.2, -0.15) is 0 Å². The van der Waals surface area contributed by atoms with Gasteiger partial charge >= 0.3 is 5.69 Å². The number of morpholine rings is 1. The smallest absolute Gasteiger partial charge is 0.335 e. The first kappa shape index (κ1) is 33.7. The number of anilines is 1. The molecule has 51 heavy (non-hydrogen) atoms. The second kappa shape index (κ2) is 14.6. The van der Waals surface area contributed by atoms with E-state index in [0.29, 0.717) is 41.4 Å². The molecule has 0 aliphatic carbocycles. The Kier molecular flexibility index (Phi) is 9.63. The Balaban J connectivity index is 1.10. The van der Waals surface area contributed by atoms with Crippen molar-refractivity contribution in [3.63, 3.8) is 0 Å². The van der Waals surface area contributed by atoms with Crippen LogP contribution in [-0.2, 0) is 11.8 Å². The van der Waals surface area contributed by atoms with Crippen LogP contribution in [-0.4, -0.2) is 77.6 Å². The van der Waals surface area contributed by atoms with E-state index in [1.807, 2.05) is 0 Å². The summed E-state index contributed by atoms with van der Waals surface area (Å²) >= 11 is 0. The number of rotatable bonds is 10. The summed E-state index contributed by atoms with van der Waals surface area (Å²) < 4.78 is 60.3. The van der Waals surface area contributed by atoms with Crippen LogP contribution in [0, 0.1) is 11.6 Å². The molecule has 1 fully saturated rings. The van der Waals surface area contributed by atoms with Crippen LogP contribution in [0.5, 0.6) is 28.7 Å². The van der Waals surface area contributed by atoms with Crippen LogP contribution < -0.4 is 35.5 Å². The van der Waals surface area contributed by atoms with Crippen molar-refractivity contribution in [3.8, 4) is 34.4 Å². The molecule has 264 valence electrons. The maximum Gasteiger partial charge on any atom is 0.335 e. The lowest BCUT2D eigenvalue weighted by Gasteiger charge is -2.26. The predicted molar refractivity (Wildman–Crippen MR) is 182 cm³/mol. The normalized spacial score (nSPS) is 14.3. The van der Waals surface area contributed by atoms with Gasteiger partial charge in [0.1, 0.15) is 30.3 Å². The minimum Gasteiger partial charge on any atom is -0.489 e. The number of amides is 1. The first-order valence-electron chi connectivity index (χ1n) is 16.3. The molecule has 0 unspecified atom stereocenters. The Morgan fingerprint density at radius 3 is 2.45 bits per heavy atom. The van der Waals surface area contributed by atoms with Crippen molar-refractivity contribution in [3.05, 3.63) is 105 Å². The maximum atomic E-state index is 15.5. The number of pyridine rings is 1. The topological polar surface area (TPSA) is 135 Å². The van der Waals surface area contributed by atoms with Crippen LogP contribution >= 0.6 is 0 Å². The third-order valence-corrected chi connectivity index (χ3v) is 8.41. The van der Waals surface area contributed by atoms with Gasteiger partial charge in [0.2, 0.25) is 5.75 Å². The fourth-order valence-electron chi connectivity index (χ4n) is 5.88. The van der Waals surface area contributed by atoms with Gasteiger partial charge in [0.05, 0.1) is 36.4 Å². The average molecular weight is 702 g/mol. The fraction of sp³-hybridized carbons (Fsp3) is 0.278. The Labute approximate surface area is 289 Å². The van der Waals surface area contributed by atoms with Gasteiger partial charge in [-0.15, -0.1) is 0 Å². The quantitative estimate of drug-likeness (QED) is 0.210. The summed E-state index contributed by atoms with van der Waals surface area (Å²) in [6.45, 7) is 5.19. The molecule has 0 atom stereocenters. The average Bonchev–Trinajstić information content (AvgIpc) is 3.14. The summed E-state index contributed by atoms with van der Waals surface area (Å²) in [5, 5.41) is 2.96. The fourth-order valence-corrected chi connectivity index (χ4v) is 5.88. The van der Waals surface area contributed by atoms with Gasteiger partial charge in [0.15, 0.2) is 23.1 Å². The first-order valence-corrected chi connectivity index (χ1v) is 16.3. The van der Waals surface area contributed by atoms with Gasteiger partial charge in [-0.1, -0.05) is 0 Å². The Bertz CT molecular complexity index is 2220. The van der Waals surface area contributed by atoms with Gasteiger partial charge in [0, 0.05) is 56.9 Å². The first-order chi connectivity index (χ1) is 24.8. The molecule has 0 saturated carbocycles. The number of fused-ring (bicyclic) bond motifs is 3. The van der Waals surface area contributed by atoms with Crippen LogP contribution in [0.1, 0.15) is 16.8 Å². The lowest BCUT2D eigenvalue weighted by Crippen LogP contribution is -2.41. The van der Waals surface area contributed by atoms with E-state index in [-0.39, 0.29) is 29.5 Å². The summed E-state index contributed by atoms with van der Waals surface area (Å²) in [5.41, 5.74) is -1.46. The van der Waals surface area contributed by atoms with Crippen molar-refractivity contribution in [2.45, 2.75) is 6.42 Å². The van der Waals surface area contributed by atoms with Crippen molar-refractivity contribution in [1.82, 2.24) is 19.0 Å². The maximum absolute atomic E-state index is 15.5. The van der Waals surface area contributed by atoms with Crippen molar-refractivity contribution in [1.29, 1.82) is 0 Å². The van der Waals surface area contributed by atoms with Crippen molar-refractivity contribution in [2.24, 2.45) is 7.05 Å². The van der Waals surface area contributed by atoms with Crippen LogP contribution in [0.4, 0.5) is 14.5 Å². The summed E-state index contributed by atoms with van der Waals surface area (Å²) in [5.74, 6) is -0.895. The van der Waals surface area contributed by atoms with Gasteiger partial charge in [-0.3, -0.25) is 19.5 Å². The lowest BCUT2D eigenvalue weighted by molar-refractivity contribution is 0.0357. The number of aromatic nitrogens is 3. The summed E-state index contributed by atoms with van der Waals surface area (Å²) in [6.07, 6.45) is 3.41. The largest absolute Gasteiger partial charge is 0.489 e. The standard InChI is InChI=1S/C36H33F2N5O8/c1-41-21-25(35(45)43(36(41)46)24-6-3-22(37)4-7-24)34(44)40-23-5-8-28(26(38)19-23)51-29-9-10-39-27-20-30(32-33(31(27)29)50-18-17-49-32)48-14-2-11-42-12-15-47-16-13-42/h3-10,19-21H,2,11-18H2,1H3,(H,40,44). The molecule has 13 nitrogen and oxygen atoms in total. The molecule has 7 rings (SSSR count). The molecule has 4 heterocycles. The zero-order valence-electron chi connectivity index (χ0n) is 27.5. The van der Waals surface area contributed by atoms with E-state index in [0.717, 1.165) is 72.8 Å². The molecule has 3 aromatic carbocycles. The van der Waals surface area contributed by atoms with E-state index in [1.165, 1.54) is 37.5 Å². The summed E-state index contributed by atoms with van der Waals surface area (Å²) in [6, 6.07) is 11.7. The highest BCUT2D eigenvalue weighted by Crippen LogP contribution is 2.48. The Morgan fingerprint density at radius 2 is 1.69 bits per heavy atom. The molecule has 2 aliphatic rings. The highest BCUT2D eigenvalue weighted by molar-refractivity contribution is 6.04. The second-order valence-corrected chi connectivity index (χ2v) is 11.8. The molecular weight excluding hydrogens is 668 g/mol. The minimum absolute atomic E-state index is 0.0237. The van der Waals surface area contributed by atoms with Gasteiger partial charge in [-0.05, 0) is 48.9 Å². The molecule has 15 heteroatoms. The number of hydrogen-bond acceptors (Lipinski definition) is 10. The highest BCUT2D eigenvalue weighted by Gasteiger charge is 2.25. The highest BCUT2D eigenvalue weighted by atomic mass is 19.1. The van der Waals surface area contributed by atoms with Crippen molar-refractivity contribution in [2.75, 3.05) is 58.0 Å². The Morgan fingerprint density at radius 1 is 0.922 bits per heavy atom. The minimum atomic E-state index is -0.928. The van der Waals surface area contributed by atoms with E-state index in [2.05, 4.69) is 15.2 Å². The molecular formula is C36H33F2N5O8. The zero-order valence-corrected chi connectivity index (χ0v) is 27.5. The van der Waals surface area contributed by atoms with Crippen LogP contribution in [0.15, 0.2) is 76.6 Å². The molecule has 0 bridgehead atoms. The molecule has 5 aromatic rings. The van der Waals surface area contributed by atoms with E-state index in [1.54, 1.807) is 12.1 Å². The van der Waals surface area contributed by atoms with E-state index in [4.69, 9.17) is 23.7 Å². The number of hydrogen-bond donors (Lipinski definition) is 1. The molecule has 0 radical (unpaired) electrons. The molecule has 1 N–H and O–H groups in total. The zero-order chi connectivity index (χ0) is 35.5. The van der Waals surface area contributed by atoms with E-state index >= 15 is 4.39 Å². The number of benzene rings is 3. The molecule has 0 spiro atoms. The number of nitrogens with zero attached hydrogens (tertiary/aromatic N) is 4. The lowest BCUT2D eigenvalue weighted by atomic mass is 10.1. The van der Waals surface area contributed by atoms with E-state index in [9.17, 15) is 18.8 Å². The number of nitrogens with one attached hydrogen (secondary N) is 1. The monoisotopic (exact) mass is 701 g/mol. The van der Waals surface area contributed by atoms with Gasteiger partial charge in [0.25, 0.3) is 11.5 Å². The summed E-state index contributed by atoms with van der Waals surface area (Å²) in [7, 11) is 1.36. The third kappa shape index (κ3) is 7.11. The predicted octanol–water partition coefficient (Wildman–Crippen LogP) is 4.28. The second-order valence-electron chi connectivity index (χ2n) is 11.8. The summed E-state index contributed by atoms with van der Waals surface area (Å²) in [4.78, 5) is 45.9. The molecule has 2 aromatic heterocycles. The molecule has 1 amide bonds. The van der Waals surface area contributed by atoms with E-state index < -0.39 is 34.4 Å². The molecule has 1 saturated heterocycles. The van der Waals surface area contributed by atoms with Gasteiger partial charge in [-0.25, -0.2) is 18.1 Å². The SMILES string of the molecule is Cn1cc(C(=O)Nc2ccc(Oc3ccnc4cc(OCCCN5CCOCC5)c5c(c34)OCCO5)c(F)c2)c(=O)n(-c2ccc(F)cc2)c1=O. The Hall–Kier alpha value is -5.80. The number of halogens is 2. The third-order valence-electron chi connectivity index (χ3n) is 8.41. The number of aryl methyl sites for hydroxylation is 1.